The maximum Gasteiger partial charge on any atom is 0.407 e. The molecule has 1 fully saturated rings. The third-order valence-corrected chi connectivity index (χ3v) is 2.96. The van der Waals surface area contributed by atoms with Gasteiger partial charge in [0.1, 0.15) is 5.69 Å². The van der Waals surface area contributed by atoms with Crippen molar-refractivity contribution < 1.29 is 9.90 Å². The van der Waals surface area contributed by atoms with Gasteiger partial charge in [-0.25, -0.2) is 9.78 Å². The van der Waals surface area contributed by atoms with Gasteiger partial charge >= 0.3 is 6.09 Å². The van der Waals surface area contributed by atoms with Crippen LogP contribution in [-0.2, 0) is 0 Å². The van der Waals surface area contributed by atoms with Crippen LogP contribution in [0, 0.1) is 18.8 Å². The molecular weight excluding hydrogens is 240 g/mol. The van der Waals surface area contributed by atoms with Crippen molar-refractivity contribution in [3.63, 3.8) is 0 Å². The van der Waals surface area contributed by atoms with Gasteiger partial charge < -0.3 is 10.0 Å². The van der Waals surface area contributed by atoms with Crippen LogP contribution in [0.15, 0.2) is 29.8 Å². The summed E-state index contributed by atoms with van der Waals surface area (Å²) < 4.78 is 0. The first kappa shape index (κ1) is 13.2. The number of allylic oxidation sites excluding steroid dienone is 1. The van der Waals surface area contributed by atoms with Crippen LogP contribution in [0.5, 0.6) is 0 Å². The van der Waals surface area contributed by atoms with Crippen LogP contribution in [0.25, 0.3) is 0 Å². The van der Waals surface area contributed by atoms with Gasteiger partial charge in [-0.3, -0.25) is 0 Å². The monoisotopic (exact) mass is 256 g/mol. The summed E-state index contributed by atoms with van der Waals surface area (Å²) in [7, 11) is 0. The average molecular weight is 256 g/mol. The Hall–Kier alpha value is -2.28. The maximum atomic E-state index is 10.9. The zero-order valence-electron chi connectivity index (χ0n) is 10.9. The molecule has 0 unspecified atom stereocenters. The Morgan fingerprint density at radius 3 is 3.11 bits per heavy atom. The standard InChI is InChI=1S/C15H16N2O2/c1-12-5-2-8-14(16-12)9-3-6-13-7-4-10-17(11-13)15(18)19/h2,5-6,8H,4,7,10-11H2,1H3,(H,18,19)/b13-6-. The topological polar surface area (TPSA) is 53.4 Å². The highest BCUT2D eigenvalue weighted by Crippen LogP contribution is 2.14. The largest absolute Gasteiger partial charge is 0.465 e. The van der Waals surface area contributed by atoms with E-state index in [0.29, 0.717) is 13.1 Å². The summed E-state index contributed by atoms with van der Waals surface area (Å²) in [5, 5.41) is 8.94. The van der Waals surface area contributed by atoms with Crippen molar-refractivity contribution in [3.05, 3.63) is 41.2 Å². The van der Waals surface area contributed by atoms with Gasteiger partial charge in [-0.1, -0.05) is 12.0 Å². The van der Waals surface area contributed by atoms with E-state index in [-0.39, 0.29) is 0 Å². The first-order valence-corrected chi connectivity index (χ1v) is 6.26. The Morgan fingerprint density at radius 1 is 1.53 bits per heavy atom. The molecule has 1 aromatic rings. The van der Waals surface area contributed by atoms with Crippen molar-refractivity contribution in [2.75, 3.05) is 13.1 Å². The number of amides is 1. The Balaban J connectivity index is 2.04. The highest BCUT2D eigenvalue weighted by atomic mass is 16.4. The molecule has 0 bridgehead atoms. The molecule has 2 heterocycles. The number of carboxylic acid groups (broad SMARTS) is 1. The molecule has 1 amide bonds. The first-order chi connectivity index (χ1) is 9.15. The van der Waals surface area contributed by atoms with Gasteiger partial charge in [-0.2, -0.15) is 0 Å². The minimum absolute atomic E-state index is 0.464. The minimum Gasteiger partial charge on any atom is -0.465 e. The SMILES string of the molecule is Cc1cccc(C#C/C=C2/CCCN(C(=O)O)C2)n1. The highest BCUT2D eigenvalue weighted by Gasteiger charge is 2.17. The molecule has 98 valence electrons. The van der Waals surface area contributed by atoms with Gasteiger partial charge in [0, 0.05) is 18.8 Å². The van der Waals surface area contributed by atoms with Crippen LogP contribution in [0.2, 0.25) is 0 Å². The van der Waals surface area contributed by atoms with E-state index >= 15 is 0 Å². The highest BCUT2D eigenvalue weighted by molar-refractivity contribution is 5.65. The van der Waals surface area contributed by atoms with Crippen molar-refractivity contribution >= 4 is 6.09 Å². The fourth-order valence-corrected chi connectivity index (χ4v) is 2.01. The van der Waals surface area contributed by atoms with Crippen LogP contribution < -0.4 is 0 Å². The molecule has 0 spiro atoms. The molecule has 4 nitrogen and oxygen atoms in total. The zero-order chi connectivity index (χ0) is 13.7. The summed E-state index contributed by atoms with van der Waals surface area (Å²) in [5.74, 6) is 5.94. The van der Waals surface area contributed by atoms with Gasteiger partial charge in [0.15, 0.2) is 0 Å². The summed E-state index contributed by atoms with van der Waals surface area (Å²) in [6, 6.07) is 5.71. The van der Waals surface area contributed by atoms with E-state index in [1.807, 2.05) is 31.2 Å². The number of pyridine rings is 1. The number of rotatable bonds is 0. The van der Waals surface area contributed by atoms with Crippen LogP contribution in [-0.4, -0.2) is 34.2 Å². The minimum atomic E-state index is -0.862. The van der Waals surface area contributed by atoms with Crippen molar-refractivity contribution in [2.45, 2.75) is 19.8 Å². The van der Waals surface area contributed by atoms with E-state index in [1.54, 1.807) is 0 Å². The van der Waals surface area contributed by atoms with Gasteiger partial charge in [-0.15, -0.1) is 0 Å². The second-order valence-corrected chi connectivity index (χ2v) is 4.54. The van der Waals surface area contributed by atoms with E-state index < -0.39 is 6.09 Å². The predicted molar refractivity (Wildman–Crippen MR) is 72.8 cm³/mol. The third kappa shape index (κ3) is 3.85. The van der Waals surface area contributed by atoms with Gasteiger partial charge in [0.2, 0.25) is 0 Å². The molecule has 0 aliphatic carbocycles. The van der Waals surface area contributed by atoms with Crippen LogP contribution in [0.4, 0.5) is 4.79 Å². The molecule has 0 aromatic carbocycles. The zero-order valence-corrected chi connectivity index (χ0v) is 10.9. The smallest absolute Gasteiger partial charge is 0.407 e. The second kappa shape index (κ2) is 6.05. The van der Waals surface area contributed by atoms with Crippen molar-refractivity contribution in [2.24, 2.45) is 0 Å². The molecule has 1 aromatic heterocycles. The lowest BCUT2D eigenvalue weighted by atomic mass is 10.1. The summed E-state index contributed by atoms with van der Waals surface area (Å²) in [6.45, 7) is 3.00. The van der Waals surface area contributed by atoms with Crippen molar-refractivity contribution in [1.82, 2.24) is 9.88 Å². The number of piperidine rings is 1. The van der Waals surface area contributed by atoms with Crippen molar-refractivity contribution in [3.8, 4) is 11.8 Å². The number of hydrogen-bond donors (Lipinski definition) is 1. The fourth-order valence-electron chi connectivity index (χ4n) is 2.01. The first-order valence-electron chi connectivity index (χ1n) is 6.26. The van der Waals surface area contributed by atoms with Crippen molar-refractivity contribution in [1.29, 1.82) is 0 Å². The number of aromatic nitrogens is 1. The number of carbonyl (C=O) groups is 1. The number of likely N-dealkylation sites (tertiary alicyclic amines) is 1. The fraction of sp³-hybridized carbons (Fsp3) is 0.333. The van der Waals surface area contributed by atoms with E-state index in [2.05, 4.69) is 16.8 Å². The molecule has 1 aliphatic rings. The molecule has 19 heavy (non-hydrogen) atoms. The lowest BCUT2D eigenvalue weighted by Gasteiger charge is -2.25. The van der Waals surface area contributed by atoms with Gasteiger partial charge in [0.05, 0.1) is 0 Å². The second-order valence-electron chi connectivity index (χ2n) is 4.54. The maximum absolute atomic E-state index is 10.9. The Labute approximate surface area is 112 Å². The lowest BCUT2D eigenvalue weighted by Crippen LogP contribution is -2.35. The molecule has 1 saturated heterocycles. The van der Waals surface area contributed by atoms with E-state index in [9.17, 15) is 4.79 Å². The molecule has 0 saturated carbocycles. The quantitative estimate of drug-likeness (QED) is 0.725. The average Bonchev–Trinajstić information content (AvgIpc) is 2.39. The molecule has 1 N–H and O–H groups in total. The van der Waals surface area contributed by atoms with Gasteiger partial charge in [-0.05, 0) is 49.5 Å². The van der Waals surface area contributed by atoms with E-state index in [1.165, 1.54) is 4.90 Å². The molecule has 0 atom stereocenters. The summed E-state index contributed by atoms with van der Waals surface area (Å²) in [4.78, 5) is 16.6. The molecule has 2 rings (SSSR count). The van der Waals surface area contributed by atoms with Crippen LogP contribution in [0.1, 0.15) is 24.2 Å². The number of aryl methyl sites for hydroxylation is 1. The summed E-state index contributed by atoms with van der Waals surface area (Å²) in [5.41, 5.74) is 2.74. The molecule has 4 heteroatoms. The molecule has 0 radical (unpaired) electrons. The lowest BCUT2D eigenvalue weighted by molar-refractivity contribution is 0.144. The number of nitrogens with zero attached hydrogens (tertiary/aromatic N) is 2. The normalized spacial score (nSPS) is 16.9. The van der Waals surface area contributed by atoms with Crippen LogP contribution in [0.3, 0.4) is 0 Å². The van der Waals surface area contributed by atoms with Crippen LogP contribution >= 0.6 is 0 Å². The molecular formula is C15H16N2O2. The van der Waals surface area contributed by atoms with E-state index in [0.717, 1.165) is 29.8 Å². The van der Waals surface area contributed by atoms with E-state index in [4.69, 9.17) is 5.11 Å². The summed E-state index contributed by atoms with van der Waals surface area (Å²) >= 11 is 0. The number of hydrogen-bond acceptors (Lipinski definition) is 2. The third-order valence-electron chi connectivity index (χ3n) is 2.96. The predicted octanol–water partition coefficient (Wildman–Crippen LogP) is 2.44. The molecule has 1 aliphatic heterocycles. The Bertz CT molecular complexity index is 567. The Kier molecular flexibility index (Phi) is 4.19. The Morgan fingerprint density at radius 2 is 2.37 bits per heavy atom. The van der Waals surface area contributed by atoms with Gasteiger partial charge in [0.25, 0.3) is 0 Å². The summed E-state index contributed by atoms with van der Waals surface area (Å²) in [6.07, 6.45) is 2.74.